The van der Waals surface area contributed by atoms with Gasteiger partial charge in [0.15, 0.2) is 0 Å². The number of hydrogen-bond acceptors (Lipinski definition) is 2. The van der Waals surface area contributed by atoms with Gasteiger partial charge in [-0.25, -0.2) is 0 Å². The first kappa shape index (κ1) is 8.69. The van der Waals surface area contributed by atoms with Crippen molar-refractivity contribution in [3.05, 3.63) is 52.1 Å². The van der Waals surface area contributed by atoms with Gasteiger partial charge in [0.1, 0.15) is 0 Å². The van der Waals surface area contributed by atoms with Gasteiger partial charge in [-0.05, 0) is 23.8 Å². The minimum atomic E-state index is -0.345. The zero-order valence-corrected chi connectivity index (χ0v) is 7.73. The van der Waals surface area contributed by atoms with Crippen molar-refractivity contribution in [3.63, 3.8) is 0 Å². The average Bonchev–Trinajstić information content (AvgIpc) is 2.16. The van der Waals surface area contributed by atoms with E-state index in [1.165, 1.54) is 0 Å². The Morgan fingerprint density at radius 2 is 1.71 bits per heavy atom. The molecule has 0 unspecified atom stereocenters. The summed E-state index contributed by atoms with van der Waals surface area (Å²) in [7, 11) is 0. The number of nitro benzene ring substituents is 1. The number of fused-ring (bicyclic) bond motifs is 1. The van der Waals surface area contributed by atoms with Crippen LogP contribution in [0.1, 0.15) is 5.56 Å². The summed E-state index contributed by atoms with van der Waals surface area (Å²) in [6.45, 7) is 1.75. The highest BCUT2D eigenvalue weighted by Gasteiger charge is 2.10. The summed E-state index contributed by atoms with van der Waals surface area (Å²) in [6.07, 6.45) is 0. The van der Waals surface area contributed by atoms with Gasteiger partial charge in [0.25, 0.3) is 5.69 Å². The summed E-state index contributed by atoms with van der Waals surface area (Å²) in [5, 5.41) is 12.6. The number of hydrogen-bond donors (Lipinski definition) is 0. The van der Waals surface area contributed by atoms with E-state index >= 15 is 0 Å². The quantitative estimate of drug-likeness (QED) is 0.508. The molecule has 0 aliphatic heterocycles. The Morgan fingerprint density at radius 1 is 1.14 bits per heavy atom. The fourth-order valence-electron chi connectivity index (χ4n) is 1.54. The van der Waals surface area contributed by atoms with Crippen molar-refractivity contribution in [2.75, 3.05) is 0 Å². The summed E-state index contributed by atoms with van der Waals surface area (Å²) < 4.78 is 0. The molecule has 70 valence electrons. The molecule has 0 bridgehead atoms. The van der Waals surface area contributed by atoms with Gasteiger partial charge in [-0.1, -0.05) is 24.3 Å². The van der Waals surface area contributed by atoms with Crippen LogP contribution in [-0.2, 0) is 0 Å². The van der Waals surface area contributed by atoms with Crippen LogP contribution in [0.5, 0.6) is 0 Å². The van der Waals surface area contributed by atoms with Crippen molar-refractivity contribution < 1.29 is 4.92 Å². The maximum absolute atomic E-state index is 10.7. The Kier molecular flexibility index (Phi) is 1.93. The van der Waals surface area contributed by atoms with Crippen LogP contribution in [0.2, 0.25) is 0 Å². The second-order valence-corrected chi connectivity index (χ2v) is 3.24. The Balaban J connectivity index is 2.77. The number of nitrogens with zero attached hydrogens (tertiary/aromatic N) is 1. The van der Waals surface area contributed by atoms with Crippen LogP contribution in [0.4, 0.5) is 5.69 Å². The highest BCUT2D eigenvalue weighted by molar-refractivity contribution is 5.85. The highest BCUT2D eigenvalue weighted by Crippen LogP contribution is 2.24. The van der Waals surface area contributed by atoms with Crippen LogP contribution in [-0.4, -0.2) is 4.92 Å². The molecule has 0 aliphatic carbocycles. The van der Waals surface area contributed by atoms with Crippen LogP contribution in [0, 0.1) is 17.0 Å². The molecule has 0 fully saturated rings. The number of nitro groups is 1. The van der Waals surface area contributed by atoms with Gasteiger partial charge >= 0.3 is 0 Å². The first-order valence-electron chi connectivity index (χ1n) is 4.32. The molecule has 0 saturated carbocycles. The van der Waals surface area contributed by atoms with E-state index in [1.807, 2.05) is 30.3 Å². The first-order chi connectivity index (χ1) is 6.68. The normalized spacial score (nSPS) is 10.4. The Hall–Kier alpha value is -1.90. The molecule has 14 heavy (non-hydrogen) atoms. The third kappa shape index (κ3) is 1.33. The third-order valence-electron chi connectivity index (χ3n) is 2.26. The van der Waals surface area contributed by atoms with Gasteiger partial charge in [-0.3, -0.25) is 10.1 Å². The van der Waals surface area contributed by atoms with Gasteiger partial charge in [-0.2, -0.15) is 0 Å². The van der Waals surface area contributed by atoms with Crippen molar-refractivity contribution >= 4 is 16.5 Å². The Bertz CT molecular complexity index is 506. The predicted molar refractivity (Wildman–Crippen MR) is 55.3 cm³/mol. The van der Waals surface area contributed by atoms with E-state index in [4.69, 9.17) is 0 Å². The van der Waals surface area contributed by atoms with E-state index in [9.17, 15) is 10.1 Å². The lowest BCUT2D eigenvalue weighted by Gasteiger charge is -2.00. The molecule has 3 nitrogen and oxygen atoms in total. The van der Waals surface area contributed by atoms with E-state index in [-0.39, 0.29) is 10.6 Å². The second kappa shape index (κ2) is 3.10. The molecule has 0 saturated heterocycles. The standard InChI is InChI=1S/C11H9NO2/c1-8-6-9-4-2-3-5-10(9)7-11(8)12(13)14/h2-7H,1H3. The molecular weight excluding hydrogens is 178 g/mol. The fourth-order valence-corrected chi connectivity index (χ4v) is 1.54. The summed E-state index contributed by atoms with van der Waals surface area (Å²) in [4.78, 5) is 10.3. The van der Waals surface area contributed by atoms with Gasteiger partial charge in [0, 0.05) is 11.6 Å². The Labute approximate surface area is 81.1 Å². The smallest absolute Gasteiger partial charge is 0.258 e. The van der Waals surface area contributed by atoms with E-state index in [2.05, 4.69) is 0 Å². The van der Waals surface area contributed by atoms with Crippen molar-refractivity contribution in [1.29, 1.82) is 0 Å². The van der Waals surface area contributed by atoms with E-state index < -0.39 is 0 Å². The van der Waals surface area contributed by atoms with Crippen molar-refractivity contribution in [2.45, 2.75) is 6.92 Å². The van der Waals surface area contributed by atoms with Crippen LogP contribution >= 0.6 is 0 Å². The molecule has 0 aliphatic rings. The number of benzene rings is 2. The van der Waals surface area contributed by atoms with Crippen LogP contribution in [0.25, 0.3) is 10.8 Å². The molecule has 0 heterocycles. The lowest BCUT2D eigenvalue weighted by molar-refractivity contribution is -0.385. The maximum Gasteiger partial charge on any atom is 0.272 e. The first-order valence-corrected chi connectivity index (χ1v) is 4.32. The summed E-state index contributed by atoms with van der Waals surface area (Å²) in [5.41, 5.74) is 0.886. The summed E-state index contributed by atoms with van der Waals surface area (Å²) in [5.74, 6) is 0. The van der Waals surface area contributed by atoms with Gasteiger partial charge in [0.05, 0.1) is 4.92 Å². The average molecular weight is 187 g/mol. The zero-order chi connectivity index (χ0) is 10.1. The molecule has 0 amide bonds. The molecule has 0 aromatic heterocycles. The van der Waals surface area contributed by atoms with Crippen molar-refractivity contribution in [1.82, 2.24) is 0 Å². The molecule has 0 radical (unpaired) electrons. The molecule has 2 aromatic carbocycles. The van der Waals surface area contributed by atoms with Gasteiger partial charge in [0.2, 0.25) is 0 Å². The predicted octanol–water partition coefficient (Wildman–Crippen LogP) is 3.06. The van der Waals surface area contributed by atoms with Crippen molar-refractivity contribution in [2.24, 2.45) is 0 Å². The molecule has 2 rings (SSSR count). The topological polar surface area (TPSA) is 43.1 Å². The molecular formula is C11H9NO2. The SMILES string of the molecule is Cc1cc2ccccc2cc1[N+](=O)[O-]. The van der Waals surface area contributed by atoms with E-state index in [0.717, 1.165) is 10.8 Å². The monoisotopic (exact) mass is 187 g/mol. The molecule has 2 aromatic rings. The maximum atomic E-state index is 10.7. The van der Waals surface area contributed by atoms with Crippen molar-refractivity contribution in [3.8, 4) is 0 Å². The number of rotatable bonds is 1. The largest absolute Gasteiger partial charge is 0.272 e. The Morgan fingerprint density at radius 3 is 2.29 bits per heavy atom. The zero-order valence-electron chi connectivity index (χ0n) is 7.73. The van der Waals surface area contributed by atoms with Gasteiger partial charge < -0.3 is 0 Å². The molecule has 0 N–H and O–H groups in total. The molecule has 0 atom stereocenters. The molecule has 0 spiro atoms. The summed E-state index contributed by atoms with van der Waals surface area (Å²) >= 11 is 0. The fraction of sp³-hybridized carbons (Fsp3) is 0.0909. The third-order valence-corrected chi connectivity index (χ3v) is 2.26. The lowest BCUT2D eigenvalue weighted by Crippen LogP contribution is -1.91. The molecule has 3 heteroatoms. The minimum Gasteiger partial charge on any atom is -0.258 e. The van der Waals surface area contributed by atoms with Crippen LogP contribution in [0.3, 0.4) is 0 Å². The van der Waals surface area contributed by atoms with E-state index in [1.54, 1.807) is 13.0 Å². The summed E-state index contributed by atoms with van der Waals surface area (Å²) in [6, 6.07) is 11.1. The highest BCUT2D eigenvalue weighted by atomic mass is 16.6. The van der Waals surface area contributed by atoms with Gasteiger partial charge in [-0.15, -0.1) is 0 Å². The lowest BCUT2D eigenvalue weighted by atomic mass is 10.1. The second-order valence-electron chi connectivity index (χ2n) is 3.24. The minimum absolute atomic E-state index is 0.184. The van der Waals surface area contributed by atoms with E-state index in [0.29, 0.717) is 5.56 Å². The number of aryl methyl sites for hydroxylation is 1. The van der Waals surface area contributed by atoms with Crippen LogP contribution < -0.4 is 0 Å². The van der Waals surface area contributed by atoms with Crippen LogP contribution in [0.15, 0.2) is 36.4 Å².